The first-order chi connectivity index (χ1) is 12.5. The number of ether oxygens (including phenoxy) is 1. The van der Waals surface area contributed by atoms with Crippen molar-refractivity contribution < 1.29 is 9.15 Å². The molecule has 0 aliphatic heterocycles. The van der Waals surface area contributed by atoms with E-state index in [2.05, 4.69) is 30.5 Å². The summed E-state index contributed by atoms with van der Waals surface area (Å²) in [6.45, 7) is 3.38. The van der Waals surface area contributed by atoms with Crippen molar-refractivity contribution in [3.05, 3.63) is 40.2 Å². The molecule has 0 saturated heterocycles. The van der Waals surface area contributed by atoms with E-state index in [1.54, 1.807) is 31.8 Å². The van der Waals surface area contributed by atoms with Crippen LogP contribution in [0.3, 0.4) is 0 Å². The molecule has 1 N–H and O–H groups in total. The van der Waals surface area contributed by atoms with Crippen molar-refractivity contribution in [2.75, 3.05) is 41.8 Å². The Morgan fingerprint density at radius 2 is 2.19 bits per heavy atom. The predicted molar refractivity (Wildman–Crippen MR) is 106 cm³/mol. The van der Waals surface area contributed by atoms with E-state index >= 15 is 0 Å². The zero-order chi connectivity index (χ0) is 19.1. The molecule has 2 heterocycles. The van der Waals surface area contributed by atoms with Crippen LogP contribution >= 0.6 is 11.3 Å². The largest absolute Gasteiger partial charge is 0.468 e. The minimum Gasteiger partial charge on any atom is -0.468 e. The van der Waals surface area contributed by atoms with Gasteiger partial charge in [0.1, 0.15) is 16.9 Å². The van der Waals surface area contributed by atoms with Gasteiger partial charge in [0.05, 0.1) is 24.5 Å². The predicted octanol–water partition coefficient (Wildman–Crippen LogP) is 2.75. The first-order valence-corrected chi connectivity index (χ1v) is 9.43. The molecule has 0 amide bonds. The molecule has 0 saturated carbocycles. The quantitative estimate of drug-likeness (QED) is 0.562. The highest BCUT2D eigenvalue weighted by atomic mass is 32.1. The summed E-state index contributed by atoms with van der Waals surface area (Å²) in [5, 5.41) is 6.48. The van der Waals surface area contributed by atoms with E-state index in [-0.39, 0.29) is 12.1 Å². The highest BCUT2D eigenvalue weighted by molar-refractivity contribution is 7.09. The van der Waals surface area contributed by atoms with Gasteiger partial charge in [-0.3, -0.25) is 9.89 Å². The van der Waals surface area contributed by atoms with Crippen molar-refractivity contribution >= 4 is 17.3 Å². The average Bonchev–Trinajstić information content (AvgIpc) is 3.29. The Morgan fingerprint density at radius 1 is 1.42 bits per heavy atom. The van der Waals surface area contributed by atoms with E-state index in [9.17, 15) is 0 Å². The normalized spacial score (nSPS) is 14.5. The number of aromatic nitrogens is 1. The van der Waals surface area contributed by atoms with Gasteiger partial charge in [-0.2, -0.15) is 0 Å². The standard InChI is InChI=1S/C18H29N5O2S/c1-13(24-6)17-21-14(12-26-17)11-23(5)18(19-2)20-10-15(22(3)4)16-8-7-9-25-16/h7-9,12-13,15H,10-11H2,1-6H3,(H,19,20). The van der Waals surface area contributed by atoms with Crippen LogP contribution in [0, 0.1) is 0 Å². The molecule has 144 valence electrons. The van der Waals surface area contributed by atoms with Crippen molar-refractivity contribution in [3.8, 4) is 0 Å². The lowest BCUT2D eigenvalue weighted by Gasteiger charge is -2.26. The fourth-order valence-electron chi connectivity index (χ4n) is 2.59. The third-order valence-corrected chi connectivity index (χ3v) is 5.25. The van der Waals surface area contributed by atoms with Crippen LogP contribution in [-0.4, -0.2) is 62.6 Å². The van der Waals surface area contributed by atoms with E-state index in [0.717, 1.165) is 22.4 Å². The summed E-state index contributed by atoms with van der Waals surface area (Å²) in [5.74, 6) is 1.75. The molecule has 0 radical (unpaired) electrons. The maximum atomic E-state index is 5.56. The minimum atomic E-state index is 0.0191. The summed E-state index contributed by atoms with van der Waals surface area (Å²) < 4.78 is 10.9. The molecule has 2 aromatic heterocycles. The molecule has 0 aliphatic carbocycles. The Hall–Kier alpha value is -1.90. The molecule has 2 unspecified atom stereocenters. The Kier molecular flexibility index (Phi) is 7.62. The van der Waals surface area contributed by atoms with Gasteiger partial charge in [0.2, 0.25) is 0 Å². The number of furan rings is 1. The van der Waals surface area contributed by atoms with Gasteiger partial charge in [0, 0.05) is 33.1 Å². The molecule has 2 rings (SSSR count). The van der Waals surface area contributed by atoms with Crippen LogP contribution in [0.2, 0.25) is 0 Å². The van der Waals surface area contributed by atoms with Crippen molar-refractivity contribution in [2.45, 2.75) is 25.6 Å². The van der Waals surface area contributed by atoms with Crippen LogP contribution in [0.4, 0.5) is 0 Å². The second-order valence-electron chi connectivity index (χ2n) is 6.33. The molecule has 0 fully saturated rings. The van der Waals surface area contributed by atoms with Crippen molar-refractivity contribution in [3.63, 3.8) is 0 Å². The van der Waals surface area contributed by atoms with Gasteiger partial charge in [0.15, 0.2) is 5.96 Å². The Balaban J connectivity index is 1.96. The molecule has 0 aliphatic rings. The molecule has 2 atom stereocenters. The molecular weight excluding hydrogens is 350 g/mol. The van der Waals surface area contributed by atoms with Crippen molar-refractivity contribution in [2.24, 2.45) is 4.99 Å². The van der Waals surface area contributed by atoms with Crippen LogP contribution < -0.4 is 5.32 Å². The maximum absolute atomic E-state index is 5.56. The van der Waals surface area contributed by atoms with Crippen LogP contribution in [-0.2, 0) is 11.3 Å². The third kappa shape index (κ3) is 5.30. The SMILES string of the molecule is CN=C(NCC(c1ccco1)N(C)C)N(C)Cc1csc(C(C)OC)n1. The lowest BCUT2D eigenvalue weighted by atomic mass is 10.2. The highest BCUT2D eigenvalue weighted by Crippen LogP contribution is 2.21. The number of nitrogens with zero attached hydrogens (tertiary/aromatic N) is 4. The van der Waals surface area contributed by atoms with Gasteiger partial charge in [-0.1, -0.05) is 0 Å². The summed E-state index contributed by atoms with van der Waals surface area (Å²) in [5.41, 5.74) is 1.01. The monoisotopic (exact) mass is 379 g/mol. The van der Waals surface area contributed by atoms with E-state index in [1.807, 2.05) is 40.2 Å². The van der Waals surface area contributed by atoms with Gasteiger partial charge in [-0.25, -0.2) is 4.98 Å². The second-order valence-corrected chi connectivity index (χ2v) is 7.22. The number of thiazole rings is 1. The molecule has 0 bridgehead atoms. The molecule has 2 aromatic rings. The molecule has 26 heavy (non-hydrogen) atoms. The number of nitrogens with one attached hydrogen (secondary N) is 1. The van der Waals surface area contributed by atoms with Gasteiger partial charge in [-0.05, 0) is 33.2 Å². The number of methoxy groups -OCH3 is 1. The van der Waals surface area contributed by atoms with Gasteiger partial charge >= 0.3 is 0 Å². The molecule has 0 aromatic carbocycles. The highest BCUT2D eigenvalue weighted by Gasteiger charge is 2.19. The van der Waals surface area contributed by atoms with E-state index < -0.39 is 0 Å². The van der Waals surface area contributed by atoms with E-state index in [0.29, 0.717) is 13.1 Å². The summed E-state index contributed by atoms with van der Waals surface area (Å²) in [4.78, 5) is 13.2. The first kappa shape index (κ1) is 20.4. The first-order valence-electron chi connectivity index (χ1n) is 8.55. The van der Waals surface area contributed by atoms with E-state index in [4.69, 9.17) is 9.15 Å². The number of aliphatic imine (C=N–C) groups is 1. The Labute approximate surface area is 159 Å². The molecule has 8 heteroatoms. The Bertz CT molecular complexity index is 684. The molecular formula is C18H29N5O2S. The number of guanidine groups is 1. The van der Waals surface area contributed by atoms with Gasteiger partial charge < -0.3 is 19.4 Å². The fourth-order valence-corrected chi connectivity index (χ4v) is 3.43. The lowest BCUT2D eigenvalue weighted by Crippen LogP contribution is -2.42. The number of hydrogen-bond acceptors (Lipinski definition) is 6. The lowest BCUT2D eigenvalue weighted by molar-refractivity contribution is 0.119. The number of likely N-dealkylation sites (N-methyl/N-ethyl adjacent to an activating group) is 1. The van der Waals surface area contributed by atoms with Gasteiger partial charge in [-0.15, -0.1) is 11.3 Å². The zero-order valence-electron chi connectivity index (χ0n) is 16.4. The minimum absolute atomic E-state index is 0.0191. The zero-order valence-corrected chi connectivity index (χ0v) is 17.2. The van der Waals surface area contributed by atoms with Crippen LogP contribution in [0.5, 0.6) is 0 Å². The van der Waals surface area contributed by atoms with Crippen LogP contribution in [0.15, 0.2) is 33.2 Å². The number of hydrogen-bond donors (Lipinski definition) is 1. The fraction of sp³-hybridized carbons (Fsp3) is 0.556. The smallest absolute Gasteiger partial charge is 0.193 e. The van der Waals surface area contributed by atoms with Crippen molar-refractivity contribution in [1.29, 1.82) is 0 Å². The second kappa shape index (κ2) is 9.70. The Morgan fingerprint density at radius 3 is 2.77 bits per heavy atom. The van der Waals surface area contributed by atoms with E-state index in [1.165, 1.54) is 0 Å². The van der Waals surface area contributed by atoms with Crippen molar-refractivity contribution in [1.82, 2.24) is 20.1 Å². The summed E-state index contributed by atoms with van der Waals surface area (Å²) in [7, 11) is 9.57. The summed E-state index contributed by atoms with van der Waals surface area (Å²) in [6.07, 6.45) is 1.72. The van der Waals surface area contributed by atoms with Crippen LogP contribution in [0.25, 0.3) is 0 Å². The summed E-state index contributed by atoms with van der Waals surface area (Å²) in [6, 6.07) is 4.03. The average molecular weight is 380 g/mol. The maximum Gasteiger partial charge on any atom is 0.193 e. The number of rotatable bonds is 8. The topological polar surface area (TPSA) is 66.1 Å². The van der Waals surface area contributed by atoms with Crippen LogP contribution in [0.1, 0.15) is 35.5 Å². The molecule has 0 spiro atoms. The third-order valence-electron chi connectivity index (χ3n) is 4.19. The molecule has 7 nitrogen and oxygen atoms in total. The van der Waals surface area contributed by atoms with Gasteiger partial charge in [0.25, 0.3) is 0 Å². The summed E-state index contributed by atoms with van der Waals surface area (Å²) >= 11 is 1.62.